The van der Waals surface area contributed by atoms with E-state index in [-0.39, 0.29) is 101 Å². The number of terminal acetylenes is 1. The molecular weight excluding hydrogens is 1790 g/mol. The monoisotopic (exact) mass is 1920 g/mol. The van der Waals surface area contributed by atoms with Gasteiger partial charge in [-0.05, 0) is 118 Å². The number of fused-ring (bicyclic) bond motifs is 4. The fourth-order valence-electron chi connectivity index (χ4n) is 17.4. The van der Waals surface area contributed by atoms with Gasteiger partial charge in [0.25, 0.3) is 0 Å². The number of phenolic OH excluding ortho intramolecular Hbond substituents is 1. The summed E-state index contributed by atoms with van der Waals surface area (Å²) in [7, 11) is 3.89. The topological polar surface area (TPSA) is 611 Å². The Morgan fingerprint density at radius 3 is 1.81 bits per heavy atom. The number of aromatic nitrogens is 2. The number of Topliss-reactive ketones (excluding diaryl/α,β-unsaturated/α-hetero) is 1. The number of nitrogens with one attached hydrogen (secondary N) is 10. The maximum Gasteiger partial charge on any atom is 0.327 e. The quantitative estimate of drug-likeness (QED) is 0.0304. The van der Waals surface area contributed by atoms with Crippen molar-refractivity contribution < 1.29 is 107 Å². The SMILES string of the molecule is C#CC[C@H](NC(=O)[C@@H]1CSCC(=O)N[C@@H](Cc2ccc(O)cc2)C(=O)N(C)[C@@H](C)C(=O)N[C@@H](CC(N)=O)C(=O)N2CCC[C@H]2C(=O)N[C@@H](CN)C(=O)N[C@@H](CC(C)C)C(=O)N2C[C@H](O)C[C@H]2C(=O)C[C@@H](Cc2c[nH]c3ccccc23)C(=O)N[C@@H](CCN)C(=O)N[C@@H](Cc2cn(CC(=O)O)c3ccccc23)C(=O)N(C)[C@@H](CCCC)C(=O)N(C)[C@@H](CCCC)C(=O)N[C@@H](CC(C)C)C(=O)N1)C(=O)O. The van der Waals surface area contributed by atoms with Crippen LogP contribution in [0.2, 0.25) is 0 Å². The molecule has 42 heteroatoms. The summed E-state index contributed by atoms with van der Waals surface area (Å²) in [6.07, 6.45) is 5.39. The van der Waals surface area contributed by atoms with Gasteiger partial charge in [0.2, 0.25) is 88.6 Å². The normalized spacial score (nSPS) is 24.9. The lowest BCUT2D eigenvalue weighted by atomic mass is 9.90. The predicted molar refractivity (Wildman–Crippen MR) is 507 cm³/mol. The molecule has 41 nitrogen and oxygen atoms in total. The Bertz CT molecular complexity index is 5210. The minimum atomic E-state index is -1.78. The van der Waals surface area contributed by atoms with E-state index in [4.69, 9.17) is 23.6 Å². The second-order valence-corrected chi connectivity index (χ2v) is 37.3. The number of aliphatic hydroxyl groups excluding tert-OH is 1. The van der Waals surface area contributed by atoms with E-state index in [9.17, 15) is 68.4 Å². The van der Waals surface area contributed by atoms with Gasteiger partial charge in [-0.2, -0.15) is 0 Å². The Labute approximate surface area is 799 Å². The molecule has 137 heavy (non-hydrogen) atoms. The van der Waals surface area contributed by atoms with Gasteiger partial charge in [0.05, 0.1) is 24.3 Å². The van der Waals surface area contributed by atoms with Crippen molar-refractivity contribution in [2.24, 2.45) is 35.0 Å². The van der Waals surface area contributed by atoms with Gasteiger partial charge in [-0.1, -0.05) is 116 Å². The number of ketones is 1. The Morgan fingerprint density at radius 1 is 0.599 bits per heavy atom. The molecule has 0 bridgehead atoms. The van der Waals surface area contributed by atoms with Crippen LogP contribution in [0.5, 0.6) is 5.75 Å². The Balaban J connectivity index is 1.22. The minimum Gasteiger partial charge on any atom is -0.508 e. The number of carbonyl (C=O) groups excluding carboxylic acids is 16. The highest BCUT2D eigenvalue weighted by molar-refractivity contribution is 8.00. The van der Waals surface area contributed by atoms with Crippen molar-refractivity contribution in [2.45, 2.75) is 261 Å². The van der Waals surface area contributed by atoms with Gasteiger partial charge in [-0.25, -0.2) is 4.79 Å². The number of benzene rings is 3. The second-order valence-electron chi connectivity index (χ2n) is 36.2. The molecule has 746 valence electrons. The molecule has 15 amide bonds. The fourth-order valence-corrected chi connectivity index (χ4v) is 18.2. The van der Waals surface area contributed by atoms with E-state index in [1.54, 1.807) is 82.4 Å². The number of likely N-dealkylation sites (N-methyl/N-ethyl adjacent to an activating group) is 3. The average molecular weight is 1930 g/mol. The summed E-state index contributed by atoms with van der Waals surface area (Å²) in [5.74, 6) is -18.7. The van der Waals surface area contributed by atoms with Crippen LogP contribution >= 0.6 is 11.8 Å². The summed E-state index contributed by atoms with van der Waals surface area (Å²) in [6, 6.07) is -2.38. The standard InChI is InChI=1S/C95H133N19O22S/c1-12-15-26-74-88(128)103-66(37-52(4)5)85(125)108-72(87(127)102-65(22-14-3)95(135)136)50-137-51-80(119)100-68(39-55-30-32-59(115)33-31-55)90(130)109(9)54(8)82(122)104-70(44-79(98)118)92(132)113-36-21-29-75(113)89(129)107-71(45-97)86(126)105-67(38-53(6)7)93(133)114-48-60(116)43-77(114)78(117)42-56(40-57-46-99-63-25-19-17-23-61(57)63)83(123)101-64(34-35-96)84(124)106-69(91(131)111(11)76(27-16-13-2)94(134)110(74)10)41-58-47-112(49-81(120)121)73-28-20-18-24-62(58)73/h3,17-20,23-25,28,30-33,46-47,52-54,56,60,64-72,74-77,99,115-116H,12-13,15-16,21-22,26-27,29,34-45,48-51,96-97H2,1-2,4-11H3,(H2,98,118)(H,100,119)(H,101,123)(H,102,127)(H,103,128)(H,104,122)(H,105,126)(H,106,124)(H,107,129)(H,108,125)(H,120,121)(H,135,136)/t54-,56+,60+,64-,65-,66-,67-,68-,69-,70-,71-,72-,74-,75-,76-,77-/m0/s1. The smallest absolute Gasteiger partial charge is 0.327 e. The number of thioether (sulfide) groups is 1. The van der Waals surface area contributed by atoms with Crippen LogP contribution in [-0.2, 0) is 112 Å². The minimum absolute atomic E-state index is 0.0212. The molecule has 16 atom stereocenters. The first-order valence-corrected chi connectivity index (χ1v) is 47.6. The molecule has 20 N–H and O–H groups in total. The number of aliphatic carboxylic acids is 2. The summed E-state index contributed by atoms with van der Waals surface area (Å²) in [5.41, 5.74) is 20.6. The number of primary amides is 1. The van der Waals surface area contributed by atoms with Gasteiger partial charge < -0.3 is 120 Å². The highest BCUT2D eigenvalue weighted by Crippen LogP contribution is 2.31. The number of aliphatic hydroxyl groups is 1. The van der Waals surface area contributed by atoms with Crippen molar-refractivity contribution in [3.05, 3.63) is 102 Å². The summed E-state index contributed by atoms with van der Waals surface area (Å²) in [4.78, 5) is 272. The second kappa shape index (κ2) is 51.8. The van der Waals surface area contributed by atoms with Gasteiger partial charge in [-0.3, -0.25) is 81.5 Å². The largest absolute Gasteiger partial charge is 0.508 e. The molecule has 0 spiro atoms. The van der Waals surface area contributed by atoms with Crippen LogP contribution in [0.3, 0.4) is 0 Å². The highest BCUT2D eigenvalue weighted by atomic mass is 32.2. The summed E-state index contributed by atoms with van der Waals surface area (Å²) < 4.78 is 1.44. The number of nitrogens with two attached hydrogens (primary N) is 3. The van der Waals surface area contributed by atoms with Crippen molar-refractivity contribution in [3.8, 4) is 18.1 Å². The lowest BCUT2D eigenvalue weighted by molar-refractivity contribution is -0.149. The lowest BCUT2D eigenvalue weighted by Crippen LogP contribution is -2.61. The number of amides is 15. The van der Waals surface area contributed by atoms with Crippen LogP contribution in [0.15, 0.2) is 85.2 Å². The van der Waals surface area contributed by atoms with Crippen LogP contribution in [0.4, 0.5) is 0 Å². The lowest BCUT2D eigenvalue weighted by Gasteiger charge is -2.36. The Hall–Kier alpha value is -13.0. The van der Waals surface area contributed by atoms with Crippen molar-refractivity contribution in [1.82, 2.24) is 81.9 Å². The third-order valence-electron chi connectivity index (χ3n) is 24.9. The number of hydrogen-bond donors (Lipinski definition) is 17. The first-order chi connectivity index (χ1) is 65.0. The maximum atomic E-state index is 16.0. The molecule has 0 aliphatic carbocycles. The number of unbranched alkanes of at least 4 members (excludes halogenated alkanes) is 2. The number of H-pyrrole nitrogens is 1. The van der Waals surface area contributed by atoms with Crippen molar-refractivity contribution in [1.29, 1.82) is 0 Å². The zero-order valence-electron chi connectivity index (χ0n) is 79.2. The fraction of sp³-hybridized carbons (Fsp3) is 0.558. The predicted octanol–water partition coefficient (Wildman–Crippen LogP) is -0.157. The number of aromatic hydroxyl groups is 1. The number of para-hydroxylation sites is 2. The van der Waals surface area contributed by atoms with Gasteiger partial charge >= 0.3 is 11.9 Å². The van der Waals surface area contributed by atoms with E-state index in [2.05, 4.69) is 58.8 Å². The highest BCUT2D eigenvalue weighted by Gasteiger charge is 2.47. The molecule has 3 aliphatic heterocycles. The number of carbonyl (C=O) groups is 18. The first kappa shape index (κ1) is 109. The molecule has 5 aromatic rings. The molecule has 3 saturated heterocycles. The Kier molecular flexibility index (Phi) is 41.3. The number of aromatic amines is 1. The molecular formula is C95H133N19O22S. The van der Waals surface area contributed by atoms with Crippen molar-refractivity contribution in [3.63, 3.8) is 0 Å². The summed E-state index contributed by atoms with van der Waals surface area (Å²) in [5, 5.41) is 66.9. The summed E-state index contributed by atoms with van der Waals surface area (Å²) in [6.45, 7) is 9.95. The Morgan fingerprint density at radius 2 is 1.18 bits per heavy atom. The zero-order valence-corrected chi connectivity index (χ0v) is 80.0. The van der Waals surface area contributed by atoms with Crippen molar-refractivity contribution in [2.75, 3.05) is 58.8 Å². The van der Waals surface area contributed by atoms with Crippen LogP contribution in [0.25, 0.3) is 21.8 Å². The molecule has 0 unspecified atom stereocenters. The maximum absolute atomic E-state index is 16.0. The van der Waals surface area contributed by atoms with Gasteiger partial charge in [0.1, 0.15) is 90.8 Å². The first-order valence-electron chi connectivity index (χ1n) is 46.4. The zero-order chi connectivity index (χ0) is 101. The number of hydrogen-bond acceptors (Lipinski definition) is 23. The van der Waals surface area contributed by atoms with E-state index in [0.717, 1.165) is 36.3 Å². The summed E-state index contributed by atoms with van der Waals surface area (Å²) >= 11 is 0.730. The van der Waals surface area contributed by atoms with Crippen LogP contribution < -0.4 is 65.1 Å². The van der Waals surface area contributed by atoms with Gasteiger partial charge in [0, 0.05) is 119 Å². The van der Waals surface area contributed by atoms with Crippen LogP contribution in [0, 0.1) is 30.1 Å². The molecule has 0 saturated carbocycles. The van der Waals surface area contributed by atoms with E-state index < -0.39 is 253 Å². The average Bonchev–Trinajstić information content (AvgIpc) is 1.63. The van der Waals surface area contributed by atoms with Gasteiger partial charge in [-0.15, -0.1) is 24.1 Å². The van der Waals surface area contributed by atoms with E-state index in [1.807, 2.05) is 13.8 Å². The van der Waals surface area contributed by atoms with Crippen LogP contribution in [0.1, 0.15) is 161 Å². The molecule has 3 aromatic carbocycles. The number of carboxylic acid groups (broad SMARTS) is 2. The molecule has 2 aromatic heterocycles. The van der Waals surface area contributed by atoms with E-state index >= 15 is 38.4 Å². The number of phenols is 1. The molecule has 5 heterocycles. The molecule has 3 fully saturated rings. The number of carboxylic acids is 2. The van der Waals surface area contributed by atoms with Crippen molar-refractivity contribution >= 4 is 140 Å². The number of rotatable bonds is 27. The molecule has 0 radical (unpaired) electrons. The van der Waals surface area contributed by atoms with Crippen LogP contribution in [-0.4, -0.2) is 310 Å². The third kappa shape index (κ3) is 30.2. The van der Waals surface area contributed by atoms with Gasteiger partial charge in [0.15, 0.2) is 5.78 Å². The molecule has 3 aliphatic rings. The molecule has 8 rings (SSSR count). The third-order valence-corrected chi connectivity index (χ3v) is 25.9. The van der Waals surface area contributed by atoms with E-state index in [1.165, 1.54) is 63.1 Å². The number of nitrogens with zero attached hydrogens (tertiary/aromatic N) is 6. The van der Waals surface area contributed by atoms with E-state index in [0.29, 0.717) is 64.2 Å².